The van der Waals surface area contributed by atoms with E-state index >= 15 is 0 Å². The molecule has 1 fully saturated rings. The lowest BCUT2D eigenvalue weighted by atomic mass is 9.86. The fourth-order valence-corrected chi connectivity index (χ4v) is 3.56. The number of aromatic nitrogens is 1. The van der Waals surface area contributed by atoms with E-state index < -0.39 is 0 Å². The van der Waals surface area contributed by atoms with Crippen molar-refractivity contribution in [3.8, 4) is 0 Å². The van der Waals surface area contributed by atoms with Gasteiger partial charge in [0, 0.05) is 22.8 Å². The molecule has 1 aromatic rings. The molecule has 1 saturated carbocycles. The fraction of sp³-hybridized carbons (Fsp3) is 0.786. The third kappa shape index (κ3) is 2.89. The number of thiazole rings is 1. The van der Waals surface area contributed by atoms with Crippen molar-refractivity contribution in [1.82, 2.24) is 10.3 Å². The molecule has 1 heterocycles. The Kier molecular flexibility index (Phi) is 3.88. The summed E-state index contributed by atoms with van der Waals surface area (Å²) in [4.78, 5) is 6.38. The Morgan fingerprint density at radius 3 is 2.53 bits per heavy atom. The standard InChI is InChI=1S/C14H24N2S/c1-5-15-9-11-12(14(2,3)4)16-13(17-11)10-7-6-8-10/h10,15H,5-9H2,1-4H3. The Balaban J connectivity index is 2.23. The molecule has 96 valence electrons. The quantitative estimate of drug-likeness (QED) is 0.881. The lowest BCUT2D eigenvalue weighted by Crippen LogP contribution is -2.18. The van der Waals surface area contributed by atoms with E-state index in [9.17, 15) is 0 Å². The van der Waals surface area contributed by atoms with Crippen LogP contribution in [0, 0.1) is 0 Å². The van der Waals surface area contributed by atoms with Gasteiger partial charge in [-0.25, -0.2) is 4.98 Å². The summed E-state index contributed by atoms with van der Waals surface area (Å²) in [5.74, 6) is 0.761. The van der Waals surface area contributed by atoms with Gasteiger partial charge in [-0.1, -0.05) is 34.1 Å². The van der Waals surface area contributed by atoms with E-state index in [0.29, 0.717) is 0 Å². The van der Waals surface area contributed by atoms with E-state index in [0.717, 1.165) is 19.0 Å². The number of hydrogen-bond acceptors (Lipinski definition) is 3. The maximum absolute atomic E-state index is 4.93. The first-order valence-corrected chi connectivity index (χ1v) is 7.54. The highest BCUT2D eigenvalue weighted by atomic mass is 32.1. The zero-order valence-electron chi connectivity index (χ0n) is 11.5. The topological polar surface area (TPSA) is 24.9 Å². The summed E-state index contributed by atoms with van der Waals surface area (Å²) in [7, 11) is 0. The highest BCUT2D eigenvalue weighted by Crippen LogP contribution is 2.41. The second-order valence-corrected chi connectivity index (χ2v) is 7.10. The lowest BCUT2D eigenvalue weighted by molar-refractivity contribution is 0.416. The van der Waals surface area contributed by atoms with Crippen LogP contribution < -0.4 is 5.32 Å². The van der Waals surface area contributed by atoms with Crippen molar-refractivity contribution in [2.45, 2.75) is 64.8 Å². The molecule has 0 atom stereocenters. The number of rotatable bonds is 4. The van der Waals surface area contributed by atoms with Crippen molar-refractivity contribution >= 4 is 11.3 Å². The highest BCUT2D eigenvalue weighted by Gasteiger charge is 2.28. The average molecular weight is 252 g/mol. The van der Waals surface area contributed by atoms with E-state index in [-0.39, 0.29) is 5.41 Å². The van der Waals surface area contributed by atoms with Crippen LogP contribution in [0.25, 0.3) is 0 Å². The maximum atomic E-state index is 4.93. The first-order chi connectivity index (χ1) is 8.02. The Morgan fingerprint density at radius 1 is 1.35 bits per heavy atom. The molecule has 0 spiro atoms. The van der Waals surface area contributed by atoms with E-state index in [4.69, 9.17) is 4.98 Å². The molecule has 1 aliphatic carbocycles. The summed E-state index contributed by atoms with van der Waals surface area (Å²) >= 11 is 1.94. The van der Waals surface area contributed by atoms with Gasteiger partial charge in [0.25, 0.3) is 0 Å². The van der Waals surface area contributed by atoms with Gasteiger partial charge in [-0.15, -0.1) is 11.3 Å². The molecule has 1 aromatic heterocycles. The Labute approximate surface area is 109 Å². The fourth-order valence-electron chi connectivity index (χ4n) is 2.14. The average Bonchev–Trinajstić information content (AvgIpc) is 2.55. The second kappa shape index (κ2) is 5.07. The SMILES string of the molecule is CCNCc1sc(C2CCC2)nc1C(C)(C)C. The summed E-state index contributed by atoms with van der Waals surface area (Å²) < 4.78 is 0. The smallest absolute Gasteiger partial charge is 0.0962 e. The molecule has 2 nitrogen and oxygen atoms in total. The van der Waals surface area contributed by atoms with Crippen molar-refractivity contribution in [2.75, 3.05) is 6.54 Å². The predicted molar refractivity (Wildman–Crippen MR) is 74.8 cm³/mol. The van der Waals surface area contributed by atoms with Crippen LogP contribution >= 0.6 is 11.3 Å². The summed E-state index contributed by atoms with van der Waals surface area (Å²) in [6, 6.07) is 0. The van der Waals surface area contributed by atoms with Gasteiger partial charge >= 0.3 is 0 Å². The zero-order chi connectivity index (χ0) is 12.5. The molecule has 1 aliphatic rings. The zero-order valence-corrected chi connectivity index (χ0v) is 12.3. The molecule has 3 heteroatoms. The van der Waals surface area contributed by atoms with Crippen LogP contribution in [-0.4, -0.2) is 11.5 Å². The maximum Gasteiger partial charge on any atom is 0.0962 e. The third-order valence-electron chi connectivity index (χ3n) is 3.41. The van der Waals surface area contributed by atoms with Crippen molar-refractivity contribution in [3.05, 3.63) is 15.6 Å². The molecule has 17 heavy (non-hydrogen) atoms. The van der Waals surface area contributed by atoms with E-state index in [1.807, 2.05) is 11.3 Å². The van der Waals surface area contributed by atoms with Gasteiger partial charge in [0.1, 0.15) is 0 Å². The minimum absolute atomic E-state index is 0.170. The summed E-state index contributed by atoms with van der Waals surface area (Å²) in [6.07, 6.45) is 4.08. The van der Waals surface area contributed by atoms with Crippen LogP contribution in [0.4, 0.5) is 0 Å². The minimum atomic E-state index is 0.170. The van der Waals surface area contributed by atoms with Gasteiger partial charge < -0.3 is 5.32 Å². The van der Waals surface area contributed by atoms with Crippen molar-refractivity contribution in [3.63, 3.8) is 0 Å². The van der Waals surface area contributed by atoms with Crippen molar-refractivity contribution < 1.29 is 0 Å². The molecular formula is C14H24N2S. The number of hydrogen-bond donors (Lipinski definition) is 1. The van der Waals surface area contributed by atoms with E-state index in [1.54, 1.807) is 0 Å². The first kappa shape index (κ1) is 13.0. The van der Waals surface area contributed by atoms with Crippen LogP contribution in [0.3, 0.4) is 0 Å². The Bertz CT molecular complexity index is 372. The molecule has 0 saturated heterocycles. The number of nitrogens with zero attached hydrogens (tertiary/aromatic N) is 1. The highest BCUT2D eigenvalue weighted by molar-refractivity contribution is 7.11. The Hall–Kier alpha value is -0.410. The monoisotopic (exact) mass is 252 g/mol. The third-order valence-corrected chi connectivity index (χ3v) is 4.63. The van der Waals surface area contributed by atoms with Gasteiger partial charge in [0.05, 0.1) is 10.7 Å². The number of nitrogens with one attached hydrogen (secondary N) is 1. The largest absolute Gasteiger partial charge is 0.312 e. The lowest BCUT2D eigenvalue weighted by Gasteiger charge is -2.23. The van der Waals surface area contributed by atoms with Crippen LogP contribution in [0.1, 0.15) is 68.5 Å². The van der Waals surface area contributed by atoms with Gasteiger partial charge in [0.2, 0.25) is 0 Å². The van der Waals surface area contributed by atoms with E-state index in [1.165, 1.54) is 34.8 Å². The van der Waals surface area contributed by atoms with Gasteiger partial charge in [-0.05, 0) is 19.4 Å². The van der Waals surface area contributed by atoms with Gasteiger partial charge in [-0.3, -0.25) is 0 Å². The van der Waals surface area contributed by atoms with Crippen LogP contribution in [0.2, 0.25) is 0 Å². The predicted octanol–water partition coefficient (Wildman–Crippen LogP) is 3.82. The van der Waals surface area contributed by atoms with Crippen LogP contribution in [0.15, 0.2) is 0 Å². The van der Waals surface area contributed by atoms with Crippen LogP contribution in [-0.2, 0) is 12.0 Å². The summed E-state index contributed by atoms with van der Waals surface area (Å²) in [5, 5.41) is 4.82. The molecule has 0 bridgehead atoms. The molecular weight excluding hydrogens is 228 g/mol. The molecule has 0 unspecified atom stereocenters. The van der Waals surface area contributed by atoms with Gasteiger partial charge in [-0.2, -0.15) is 0 Å². The molecule has 0 aliphatic heterocycles. The molecule has 0 radical (unpaired) electrons. The summed E-state index contributed by atoms with van der Waals surface area (Å²) in [5.41, 5.74) is 1.48. The second-order valence-electron chi connectivity index (χ2n) is 5.98. The van der Waals surface area contributed by atoms with Crippen LogP contribution in [0.5, 0.6) is 0 Å². The summed E-state index contributed by atoms with van der Waals surface area (Å²) in [6.45, 7) is 11.0. The van der Waals surface area contributed by atoms with Crippen molar-refractivity contribution in [2.24, 2.45) is 0 Å². The van der Waals surface area contributed by atoms with Crippen molar-refractivity contribution in [1.29, 1.82) is 0 Å². The molecule has 2 rings (SSSR count). The van der Waals surface area contributed by atoms with Gasteiger partial charge in [0.15, 0.2) is 0 Å². The molecule has 0 amide bonds. The first-order valence-electron chi connectivity index (χ1n) is 6.73. The Morgan fingerprint density at radius 2 is 2.06 bits per heavy atom. The molecule has 1 N–H and O–H groups in total. The minimum Gasteiger partial charge on any atom is -0.312 e. The van der Waals surface area contributed by atoms with E-state index in [2.05, 4.69) is 33.0 Å². The molecule has 0 aromatic carbocycles. The normalized spacial score (nSPS) is 17.2.